The number of nitrogens with two attached hydrogens (primary N) is 2. The number of hydrogen-bond acceptors (Lipinski definition) is 7. The summed E-state index contributed by atoms with van der Waals surface area (Å²) in [7, 11) is -4.64. The number of aryl methyl sites for hydroxylation is 3. The van der Waals surface area contributed by atoms with Crippen molar-refractivity contribution < 1.29 is 23.6 Å². The van der Waals surface area contributed by atoms with Crippen LogP contribution in [0.3, 0.4) is 0 Å². The van der Waals surface area contributed by atoms with E-state index in [4.69, 9.17) is 25.7 Å². The van der Waals surface area contributed by atoms with E-state index in [0.29, 0.717) is 43.2 Å². The van der Waals surface area contributed by atoms with Gasteiger partial charge < -0.3 is 25.3 Å². The van der Waals surface area contributed by atoms with Gasteiger partial charge in [-0.25, -0.2) is 14.5 Å². The fourth-order valence-electron chi connectivity index (χ4n) is 4.74. The average molecular weight is 556 g/mol. The summed E-state index contributed by atoms with van der Waals surface area (Å²) in [6.45, 7) is 6.44. The summed E-state index contributed by atoms with van der Waals surface area (Å²) < 4.78 is 24.0. The van der Waals surface area contributed by atoms with E-state index in [1.54, 1.807) is 13.0 Å². The van der Waals surface area contributed by atoms with Crippen molar-refractivity contribution in [3.8, 4) is 5.75 Å². The van der Waals surface area contributed by atoms with Crippen LogP contribution in [0.4, 0.5) is 5.82 Å². The van der Waals surface area contributed by atoms with Crippen molar-refractivity contribution in [2.45, 2.75) is 58.9 Å². The number of rotatable bonds is 14. The molecule has 6 N–H and O–H groups in total. The number of anilines is 1. The van der Waals surface area contributed by atoms with Gasteiger partial charge in [-0.15, -0.1) is 0 Å². The second kappa shape index (κ2) is 12.9. The molecule has 0 aliphatic heterocycles. The molecule has 11 heteroatoms. The van der Waals surface area contributed by atoms with E-state index < -0.39 is 7.82 Å². The SMILES string of the molecule is CCCCc1nc2c(N)nc3ccc(CCCOCCCN)cc3c2n1Cc1ccc(OP(=O)(O)O)c(C)c1. The number of unbranched alkanes of at least 4 members (excludes halogenated alkanes) is 1. The van der Waals surface area contributed by atoms with Crippen molar-refractivity contribution in [1.82, 2.24) is 14.5 Å². The highest BCUT2D eigenvalue weighted by atomic mass is 31.2. The Labute approximate surface area is 228 Å². The maximum Gasteiger partial charge on any atom is 0.524 e. The number of hydrogen-bond donors (Lipinski definition) is 4. The maximum absolute atomic E-state index is 11.3. The number of nitrogens with zero attached hydrogens (tertiary/aromatic N) is 3. The van der Waals surface area contributed by atoms with E-state index in [2.05, 4.69) is 28.6 Å². The van der Waals surface area contributed by atoms with Crippen LogP contribution in [0.15, 0.2) is 36.4 Å². The zero-order valence-corrected chi connectivity index (χ0v) is 23.5. The largest absolute Gasteiger partial charge is 0.524 e. The first-order valence-electron chi connectivity index (χ1n) is 13.4. The predicted octanol–water partition coefficient (Wildman–Crippen LogP) is 4.64. The van der Waals surface area contributed by atoms with Crippen LogP contribution in [0, 0.1) is 6.92 Å². The second-order valence-corrected chi connectivity index (χ2v) is 11.0. The lowest BCUT2D eigenvalue weighted by Gasteiger charge is -2.14. The summed E-state index contributed by atoms with van der Waals surface area (Å²) >= 11 is 0. The molecule has 0 radical (unpaired) electrons. The summed E-state index contributed by atoms with van der Waals surface area (Å²) in [5.41, 5.74) is 17.2. The monoisotopic (exact) mass is 555 g/mol. The van der Waals surface area contributed by atoms with Crippen molar-refractivity contribution in [1.29, 1.82) is 0 Å². The van der Waals surface area contributed by atoms with Crippen molar-refractivity contribution >= 4 is 35.6 Å². The molecule has 0 bridgehead atoms. The Bertz CT molecular complexity index is 1480. The minimum absolute atomic E-state index is 0.157. The predicted molar refractivity (Wildman–Crippen MR) is 154 cm³/mol. The molecule has 0 aliphatic rings. The first kappa shape index (κ1) is 29.0. The van der Waals surface area contributed by atoms with Crippen LogP contribution >= 0.6 is 7.82 Å². The molecule has 0 aliphatic carbocycles. The van der Waals surface area contributed by atoms with Gasteiger partial charge in [-0.2, -0.15) is 0 Å². The van der Waals surface area contributed by atoms with E-state index in [1.807, 2.05) is 18.2 Å². The minimum atomic E-state index is -4.64. The molecule has 0 unspecified atom stereocenters. The summed E-state index contributed by atoms with van der Waals surface area (Å²) in [5, 5.41) is 0.995. The Hall–Kier alpha value is -3.01. The number of phosphoric acid groups is 1. The van der Waals surface area contributed by atoms with Gasteiger partial charge in [0.2, 0.25) is 0 Å². The molecule has 2 heterocycles. The number of phosphoric ester groups is 1. The molecule has 0 saturated heterocycles. The lowest BCUT2D eigenvalue weighted by molar-refractivity contribution is 0.131. The molecule has 0 saturated carbocycles. The maximum atomic E-state index is 11.3. The van der Waals surface area contributed by atoms with E-state index in [1.165, 1.54) is 5.56 Å². The van der Waals surface area contributed by atoms with Gasteiger partial charge in [-0.05, 0) is 74.0 Å². The van der Waals surface area contributed by atoms with Gasteiger partial charge in [-0.3, -0.25) is 9.79 Å². The van der Waals surface area contributed by atoms with Crippen LogP contribution in [0.1, 0.15) is 55.1 Å². The molecule has 210 valence electrons. The van der Waals surface area contributed by atoms with Crippen molar-refractivity contribution in [3.63, 3.8) is 0 Å². The third kappa shape index (κ3) is 7.35. The van der Waals surface area contributed by atoms with Gasteiger partial charge in [0, 0.05) is 31.6 Å². The average Bonchev–Trinajstić information content (AvgIpc) is 3.25. The van der Waals surface area contributed by atoms with Crippen molar-refractivity contribution in [3.05, 3.63) is 58.9 Å². The smallest absolute Gasteiger partial charge is 0.404 e. The normalized spacial score (nSPS) is 12.0. The van der Waals surface area contributed by atoms with Crippen LogP contribution < -0.4 is 16.0 Å². The third-order valence-corrected chi connectivity index (χ3v) is 7.08. The standard InChI is InChI=1S/C28H38N5O5P/c1-3-4-8-25-32-26-27(33(25)18-21-10-12-24(19(2)16-21)38-39(34,35)36)22-17-20(7-5-14-37-15-6-13-29)9-11-23(22)31-28(26)30/h9-12,16-17H,3-8,13-15,18,29H2,1-2H3,(H2,30,31)(H2,34,35,36). The van der Waals surface area contributed by atoms with Crippen molar-refractivity contribution in [2.75, 3.05) is 25.5 Å². The number of ether oxygens (including phenoxy) is 1. The lowest BCUT2D eigenvalue weighted by atomic mass is 10.1. The van der Waals surface area contributed by atoms with Crippen LogP contribution in [0.2, 0.25) is 0 Å². The Morgan fingerprint density at radius 1 is 1.00 bits per heavy atom. The van der Waals surface area contributed by atoms with Gasteiger partial charge in [0.25, 0.3) is 0 Å². The number of benzene rings is 2. The Balaban J connectivity index is 1.72. The number of imidazole rings is 1. The topological polar surface area (TPSA) is 159 Å². The van der Waals surface area contributed by atoms with E-state index in [-0.39, 0.29) is 5.75 Å². The van der Waals surface area contributed by atoms with Crippen LogP contribution in [0.25, 0.3) is 21.9 Å². The number of pyridine rings is 1. The molecule has 39 heavy (non-hydrogen) atoms. The van der Waals surface area contributed by atoms with Gasteiger partial charge >= 0.3 is 7.82 Å². The van der Waals surface area contributed by atoms with Crippen LogP contribution in [-0.2, 0) is 28.7 Å². The zero-order chi connectivity index (χ0) is 28.0. The fourth-order valence-corrected chi connectivity index (χ4v) is 5.21. The molecule has 0 fully saturated rings. The van der Waals surface area contributed by atoms with Crippen molar-refractivity contribution in [2.24, 2.45) is 5.73 Å². The lowest BCUT2D eigenvalue weighted by Crippen LogP contribution is -2.07. The van der Waals surface area contributed by atoms with E-state index >= 15 is 0 Å². The molecule has 0 spiro atoms. The molecular weight excluding hydrogens is 517 g/mol. The zero-order valence-electron chi connectivity index (χ0n) is 22.6. The van der Waals surface area contributed by atoms with Gasteiger partial charge in [0.1, 0.15) is 17.1 Å². The van der Waals surface area contributed by atoms with Gasteiger partial charge in [0.15, 0.2) is 5.82 Å². The molecule has 2 aromatic carbocycles. The first-order valence-corrected chi connectivity index (χ1v) is 14.9. The highest BCUT2D eigenvalue weighted by Crippen LogP contribution is 2.39. The highest BCUT2D eigenvalue weighted by molar-refractivity contribution is 7.46. The second-order valence-electron chi connectivity index (χ2n) is 9.80. The third-order valence-electron chi connectivity index (χ3n) is 6.64. The molecule has 10 nitrogen and oxygen atoms in total. The summed E-state index contributed by atoms with van der Waals surface area (Å²) in [6.07, 6.45) is 5.46. The molecule has 0 amide bonds. The quantitative estimate of drug-likeness (QED) is 0.128. The number of aromatic nitrogens is 3. The molecule has 2 aromatic heterocycles. The Kier molecular flexibility index (Phi) is 9.58. The fraction of sp³-hybridized carbons (Fsp3) is 0.429. The molecular formula is C28H38N5O5P. The summed E-state index contributed by atoms with van der Waals surface area (Å²) in [5.74, 6) is 1.49. The van der Waals surface area contributed by atoms with Gasteiger partial charge in [-0.1, -0.05) is 31.5 Å². The highest BCUT2D eigenvalue weighted by Gasteiger charge is 2.20. The number of fused-ring (bicyclic) bond motifs is 3. The Morgan fingerprint density at radius 3 is 2.49 bits per heavy atom. The Morgan fingerprint density at radius 2 is 1.77 bits per heavy atom. The molecule has 4 aromatic rings. The summed E-state index contributed by atoms with van der Waals surface area (Å²) in [4.78, 5) is 28.0. The number of nitrogen functional groups attached to an aromatic ring is 1. The minimum Gasteiger partial charge on any atom is -0.404 e. The molecule has 0 atom stereocenters. The summed E-state index contributed by atoms with van der Waals surface area (Å²) in [6, 6.07) is 11.6. The first-order chi connectivity index (χ1) is 18.7. The molecule has 4 rings (SSSR count). The van der Waals surface area contributed by atoms with Crippen LogP contribution in [0.5, 0.6) is 5.75 Å². The van der Waals surface area contributed by atoms with Crippen LogP contribution in [-0.4, -0.2) is 44.1 Å². The van der Waals surface area contributed by atoms with Gasteiger partial charge in [0.05, 0.1) is 11.0 Å². The van der Waals surface area contributed by atoms with E-state index in [0.717, 1.165) is 66.3 Å². The van der Waals surface area contributed by atoms with E-state index in [9.17, 15) is 14.4 Å².